The molecule has 0 radical (unpaired) electrons. The monoisotopic (exact) mass is 545 g/mol. The number of hydrogen-bond donors (Lipinski definition) is 2. The van der Waals surface area contributed by atoms with Crippen molar-refractivity contribution in [3.05, 3.63) is 97.4 Å². The average Bonchev–Trinajstić information content (AvgIpc) is 3.38. The molecular weight excluding hydrogens is 520 g/mol. The van der Waals surface area contributed by atoms with E-state index in [1.165, 1.54) is 6.07 Å². The molecule has 2 N–H and O–H groups in total. The second-order valence-electron chi connectivity index (χ2n) is 8.56. The molecule has 9 heteroatoms. The van der Waals surface area contributed by atoms with Crippen LogP contribution < -0.4 is 20.9 Å². The van der Waals surface area contributed by atoms with E-state index in [4.69, 9.17) is 4.74 Å². The quantitative estimate of drug-likeness (QED) is 0.445. The Morgan fingerprint density at radius 1 is 1.17 bits per heavy atom. The van der Waals surface area contributed by atoms with Crippen LogP contribution in [0.1, 0.15) is 35.2 Å². The maximum Gasteiger partial charge on any atom is 0.269 e. The van der Waals surface area contributed by atoms with Crippen LogP contribution in [0.15, 0.2) is 57.8 Å². The van der Waals surface area contributed by atoms with Gasteiger partial charge in [0.25, 0.3) is 5.56 Å². The van der Waals surface area contributed by atoms with E-state index in [1.54, 1.807) is 17.6 Å². The fourth-order valence-electron chi connectivity index (χ4n) is 3.98. The van der Waals surface area contributed by atoms with Crippen molar-refractivity contribution in [2.45, 2.75) is 45.5 Å². The van der Waals surface area contributed by atoms with Crippen LogP contribution in [0.2, 0.25) is 0 Å². The number of carbonyl (C=O) groups excluding carboxylic acids is 1. The van der Waals surface area contributed by atoms with Crippen molar-refractivity contribution in [2.75, 3.05) is 6.54 Å². The van der Waals surface area contributed by atoms with Gasteiger partial charge in [-0.3, -0.25) is 9.59 Å². The highest BCUT2D eigenvalue weighted by molar-refractivity contribution is 9.10. The molecule has 0 spiro atoms. The molecule has 4 rings (SSSR count). The molecule has 3 aromatic rings. The summed E-state index contributed by atoms with van der Waals surface area (Å²) in [7, 11) is 0. The normalized spacial score (nSPS) is 15.3. The number of aryl methyl sites for hydroxylation is 1. The largest absolute Gasteiger partial charge is 0.487 e. The van der Waals surface area contributed by atoms with E-state index in [9.17, 15) is 18.4 Å². The summed E-state index contributed by atoms with van der Waals surface area (Å²) in [6, 6.07) is 12.6. The van der Waals surface area contributed by atoms with Gasteiger partial charge < -0.3 is 19.9 Å². The van der Waals surface area contributed by atoms with Crippen LogP contribution in [0.25, 0.3) is 0 Å². The maximum absolute atomic E-state index is 13.9. The molecule has 2 heterocycles. The first-order chi connectivity index (χ1) is 16.8. The van der Waals surface area contributed by atoms with Gasteiger partial charge in [-0.1, -0.05) is 24.3 Å². The van der Waals surface area contributed by atoms with Gasteiger partial charge in [0.2, 0.25) is 5.91 Å². The number of ether oxygens (including phenoxy) is 1. The zero-order valence-electron chi connectivity index (χ0n) is 19.2. The Labute approximate surface area is 210 Å². The van der Waals surface area contributed by atoms with E-state index in [0.29, 0.717) is 18.8 Å². The lowest BCUT2D eigenvalue weighted by Gasteiger charge is -2.15. The van der Waals surface area contributed by atoms with Crippen molar-refractivity contribution in [1.82, 2.24) is 15.2 Å². The van der Waals surface area contributed by atoms with Gasteiger partial charge in [-0.25, -0.2) is 8.78 Å². The predicted octanol–water partition coefficient (Wildman–Crippen LogP) is 4.19. The van der Waals surface area contributed by atoms with Gasteiger partial charge in [0.05, 0.1) is 12.6 Å². The van der Waals surface area contributed by atoms with Crippen molar-refractivity contribution in [2.24, 2.45) is 0 Å². The lowest BCUT2D eigenvalue weighted by molar-refractivity contribution is -0.122. The van der Waals surface area contributed by atoms with Gasteiger partial charge in [-0.15, -0.1) is 0 Å². The molecule has 1 atom stereocenters. The highest BCUT2D eigenvalue weighted by Crippen LogP contribution is 2.24. The smallest absolute Gasteiger partial charge is 0.269 e. The maximum atomic E-state index is 13.9. The lowest BCUT2D eigenvalue weighted by atomic mass is 10.1. The third-order valence-electron chi connectivity index (χ3n) is 6.02. The summed E-state index contributed by atoms with van der Waals surface area (Å²) in [5.41, 5.74) is 2.49. The molecule has 1 aromatic heterocycles. The van der Waals surface area contributed by atoms with E-state index >= 15 is 0 Å². The molecule has 0 bridgehead atoms. The number of nitrogens with one attached hydrogen (secondary N) is 2. The van der Waals surface area contributed by atoms with E-state index < -0.39 is 11.6 Å². The Balaban J connectivity index is 1.40. The minimum atomic E-state index is -0.704. The Morgan fingerprint density at radius 2 is 1.91 bits per heavy atom. The van der Waals surface area contributed by atoms with Crippen LogP contribution in [0, 0.1) is 18.6 Å². The fraction of sp³-hybridized carbons (Fsp3) is 0.308. The van der Waals surface area contributed by atoms with Crippen LogP contribution >= 0.6 is 15.9 Å². The molecule has 0 saturated carbocycles. The topological polar surface area (TPSA) is 72.4 Å². The molecule has 2 aromatic carbocycles. The summed E-state index contributed by atoms with van der Waals surface area (Å²) in [6.45, 7) is 3.33. The van der Waals surface area contributed by atoms with E-state index in [1.807, 2.05) is 24.3 Å². The summed E-state index contributed by atoms with van der Waals surface area (Å²) in [5.74, 6) is -1.06. The molecular formula is C26H26BrF2N3O3. The summed E-state index contributed by atoms with van der Waals surface area (Å²) in [4.78, 5) is 25.1. The van der Waals surface area contributed by atoms with Crippen LogP contribution in [-0.2, 0) is 24.5 Å². The molecule has 0 aliphatic carbocycles. The van der Waals surface area contributed by atoms with Crippen molar-refractivity contribution < 1.29 is 18.3 Å². The van der Waals surface area contributed by atoms with Crippen LogP contribution in [-0.4, -0.2) is 23.1 Å². The Hall–Kier alpha value is -3.04. The number of hydrogen-bond acceptors (Lipinski definition) is 4. The SMILES string of the molecule is Cc1cc(OCc2ccc(F)cc2F)c(Br)c(=O)n1Cc1ccc(CNC(=O)[C@@H]2CCCN2)cc1. The van der Waals surface area contributed by atoms with Crippen molar-refractivity contribution in [3.8, 4) is 5.75 Å². The Morgan fingerprint density at radius 3 is 2.60 bits per heavy atom. The van der Waals surface area contributed by atoms with Gasteiger partial charge in [0.1, 0.15) is 28.5 Å². The number of benzene rings is 2. The molecule has 1 saturated heterocycles. The fourth-order valence-corrected chi connectivity index (χ4v) is 4.42. The number of pyridine rings is 1. The van der Waals surface area contributed by atoms with Crippen LogP contribution in [0.4, 0.5) is 8.78 Å². The summed E-state index contributed by atoms with van der Waals surface area (Å²) in [5, 5.41) is 6.13. The van der Waals surface area contributed by atoms with Gasteiger partial charge in [-0.05, 0) is 65.5 Å². The van der Waals surface area contributed by atoms with E-state index in [2.05, 4.69) is 26.6 Å². The summed E-state index contributed by atoms with van der Waals surface area (Å²) >= 11 is 3.30. The minimum Gasteiger partial charge on any atom is -0.487 e. The van der Waals surface area contributed by atoms with Gasteiger partial charge >= 0.3 is 0 Å². The third-order valence-corrected chi connectivity index (χ3v) is 6.75. The number of nitrogens with zero attached hydrogens (tertiary/aromatic N) is 1. The van der Waals surface area contributed by atoms with Gasteiger partial charge in [0, 0.05) is 29.9 Å². The molecule has 1 aliphatic rings. The highest BCUT2D eigenvalue weighted by atomic mass is 79.9. The first-order valence-corrected chi connectivity index (χ1v) is 12.2. The first-order valence-electron chi connectivity index (χ1n) is 11.4. The molecule has 184 valence electrons. The molecule has 35 heavy (non-hydrogen) atoms. The van der Waals surface area contributed by atoms with Crippen molar-refractivity contribution >= 4 is 21.8 Å². The number of aromatic nitrogens is 1. The molecule has 1 aliphatic heterocycles. The zero-order chi connectivity index (χ0) is 24.9. The zero-order valence-corrected chi connectivity index (χ0v) is 20.8. The summed E-state index contributed by atoms with van der Waals surface area (Å²) < 4.78 is 34.5. The average molecular weight is 546 g/mol. The van der Waals surface area contributed by atoms with E-state index in [0.717, 1.165) is 42.6 Å². The second kappa shape index (κ2) is 11.1. The van der Waals surface area contributed by atoms with E-state index in [-0.39, 0.29) is 39.9 Å². The molecule has 1 fully saturated rings. The van der Waals surface area contributed by atoms with Gasteiger partial charge in [-0.2, -0.15) is 0 Å². The predicted molar refractivity (Wildman–Crippen MR) is 132 cm³/mol. The van der Waals surface area contributed by atoms with Crippen molar-refractivity contribution in [1.29, 1.82) is 0 Å². The third kappa shape index (κ3) is 6.15. The highest BCUT2D eigenvalue weighted by Gasteiger charge is 2.21. The number of halogens is 3. The first kappa shape index (κ1) is 25.1. The summed E-state index contributed by atoms with van der Waals surface area (Å²) in [6.07, 6.45) is 1.88. The standard InChI is InChI=1S/C26H26BrF2N3O3/c1-16-11-23(35-15-19-8-9-20(28)12-21(19)29)24(27)26(34)32(16)14-18-6-4-17(5-7-18)13-31-25(33)22-3-2-10-30-22/h4-9,11-12,22,30H,2-3,10,13-15H2,1H3,(H,31,33)/t22-/m0/s1. The Bertz CT molecular complexity index is 1270. The minimum absolute atomic E-state index is 0.0167. The second-order valence-corrected chi connectivity index (χ2v) is 9.36. The number of amides is 1. The lowest BCUT2D eigenvalue weighted by Crippen LogP contribution is -2.39. The number of carbonyl (C=O) groups is 1. The van der Waals surface area contributed by atoms with Crippen molar-refractivity contribution in [3.63, 3.8) is 0 Å². The van der Waals surface area contributed by atoms with Crippen LogP contribution in [0.3, 0.4) is 0 Å². The van der Waals surface area contributed by atoms with Gasteiger partial charge in [0.15, 0.2) is 0 Å². The Kier molecular flexibility index (Phi) is 7.97. The molecule has 0 unspecified atom stereocenters. The molecule has 6 nitrogen and oxygen atoms in total. The molecule has 1 amide bonds. The van der Waals surface area contributed by atoms with Crippen LogP contribution in [0.5, 0.6) is 5.75 Å². The number of rotatable bonds is 8.